The molecule has 0 aliphatic heterocycles. The maximum atomic E-state index is 14.7. The summed E-state index contributed by atoms with van der Waals surface area (Å²) in [5, 5.41) is 5.35. The topological polar surface area (TPSA) is 112 Å². The second-order valence-electron chi connectivity index (χ2n) is 10.2. The van der Waals surface area contributed by atoms with Crippen LogP contribution in [0.2, 0.25) is 0 Å². The van der Waals surface area contributed by atoms with Gasteiger partial charge in [-0.3, -0.25) is 5.32 Å². The zero-order chi connectivity index (χ0) is 30.0. The number of carbonyl (C=O) groups is 2. The molecule has 4 aromatic rings. The molecule has 1 unspecified atom stereocenters. The fraction of sp³-hybridized carbons (Fsp3) is 0.188. The molecule has 0 aliphatic carbocycles. The number of carbonyl (C=O) groups excluding carboxylic acids is 2. The zero-order valence-electron chi connectivity index (χ0n) is 23.6. The van der Waals surface area contributed by atoms with E-state index in [0.717, 1.165) is 5.56 Å². The Kier molecular flexibility index (Phi) is 9.89. The number of benzene rings is 4. The summed E-state index contributed by atoms with van der Waals surface area (Å²) in [4.78, 5) is 25.3. The number of hydrogen-bond donors (Lipinski definition) is 2. The molecule has 0 fully saturated rings. The van der Waals surface area contributed by atoms with Crippen molar-refractivity contribution in [2.75, 3.05) is 5.32 Å². The fourth-order valence-electron chi connectivity index (χ4n) is 3.77. The Balaban J connectivity index is 1.65. The molecule has 0 radical (unpaired) electrons. The Labute approximate surface area is 245 Å². The molecule has 2 N–H and O–H groups in total. The predicted octanol–water partition coefficient (Wildman–Crippen LogP) is 8.31. The molecule has 4 aromatic carbocycles. The number of hydrogen-bond acceptors (Lipinski definition) is 7. The van der Waals surface area contributed by atoms with Crippen LogP contribution in [0.25, 0.3) is 0 Å². The molecule has 0 spiro atoms. The van der Waals surface area contributed by atoms with Crippen LogP contribution in [-0.2, 0) is 20.6 Å². The van der Waals surface area contributed by atoms with Crippen LogP contribution in [-0.4, -0.2) is 17.8 Å². The van der Waals surface area contributed by atoms with Crippen LogP contribution >= 0.6 is 7.60 Å². The molecule has 4 rings (SSSR count). The van der Waals surface area contributed by atoms with Gasteiger partial charge in [0.1, 0.15) is 23.7 Å². The summed E-state index contributed by atoms with van der Waals surface area (Å²) >= 11 is 0. The Hall–Kier alpha value is -4.75. The molecule has 10 heteroatoms. The largest absolute Gasteiger partial charge is 0.457 e. The third-order valence-corrected chi connectivity index (χ3v) is 7.60. The zero-order valence-corrected chi connectivity index (χ0v) is 24.5. The fourth-order valence-corrected chi connectivity index (χ4v) is 5.65. The molecule has 0 aliphatic rings. The predicted molar refractivity (Wildman–Crippen MR) is 161 cm³/mol. The molecular formula is C32H33N2O7P. The van der Waals surface area contributed by atoms with E-state index >= 15 is 0 Å². The van der Waals surface area contributed by atoms with Crippen molar-refractivity contribution in [1.82, 2.24) is 5.32 Å². The highest BCUT2D eigenvalue weighted by Crippen LogP contribution is 2.59. The van der Waals surface area contributed by atoms with E-state index in [4.69, 9.17) is 18.5 Å². The van der Waals surface area contributed by atoms with Crippen molar-refractivity contribution < 1.29 is 32.7 Å². The number of ether oxygens (including phenoxy) is 2. The highest BCUT2D eigenvalue weighted by Gasteiger charge is 2.42. The summed E-state index contributed by atoms with van der Waals surface area (Å²) in [6.07, 6.45) is -1.45. The molecule has 1 atom stereocenters. The SMILES string of the molecule is CC(C)(C)OC(=O)Nc1ccc(C(NC(=O)OCc2ccccc2)P(=O)(Oc2ccccc2)Oc2ccccc2)cc1. The molecule has 0 saturated carbocycles. The lowest BCUT2D eigenvalue weighted by Gasteiger charge is -2.28. The van der Waals surface area contributed by atoms with Gasteiger partial charge in [-0.1, -0.05) is 78.9 Å². The lowest BCUT2D eigenvalue weighted by atomic mass is 10.2. The lowest BCUT2D eigenvalue weighted by molar-refractivity contribution is 0.0636. The van der Waals surface area contributed by atoms with Gasteiger partial charge in [0.25, 0.3) is 0 Å². The van der Waals surface area contributed by atoms with Crippen molar-refractivity contribution in [2.24, 2.45) is 0 Å². The van der Waals surface area contributed by atoms with E-state index in [1.54, 1.807) is 106 Å². The van der Waals surface area contributed by atoms with Gasteiger partial charge in [-0.05, 0) is 68.3 Å². The normalized spacial score (nSPS) is 12.0. The van der Waals surface area contributed by atoms with Crippen LogP contribution in [0, 0.1) is 0 Å². The lowest BCUT2D eigenvalue weighted by Crippen LogP contribution is -2.31. The van der Waals surface area contributed by atoms with Gasteiger partial charge in [0.05, 0.1) is 0 Å². The number of para-hydroxylation sites is 2. The van der Waals surface area contributed by atoms with E-state index in [1.165, 1.54) is 0 Å². The van der Waals surface area contributed by atoms with Crippen LogP contribution in [0.15, 0.2) is 115 Å². The highest BCUT2D eigenvalue weighted by atomic mass is 31.2. The van der Waals surface area contributed by atoms with E-state index in [1.807, 2.05) is 30.3 Å². The van der Waals surface area contributed by atoms with Crippen LogP contribution in [0.5, 0.6) is 11.5 Å². The van der Waals surface area contributed by atoms with E-state index in [9.17, 15) is 14.2 Å². The minimum atomic E-state index is -4.24. The third kappa shape index (κ3) is 9.14. The molecule has 0 saturated heterocycles. The van der Waals surface area contributed by atoms with Crippen molar-refractivity contribution in [2.45, 2.75) is 38.8 Å². The second-order valence-corrected chi connectivity index (χ2v) is 12.2. The van der Waals surface area contributed by atoms with E-state index in [0.29, 0.717) is 11.3 Å². The molecular weight excluding hydrogens is 555 g/mol. The first-order chi connectivity index (χ1) is 20.1. The van der Waals surface area contributed by atoms with Crippen molar-refractivity contribution >= 4 is 25.5 Å². The standard InChI is InChI=1S/C32H33N2O7P/c1-32(2,3)39-31(36)33-26-21-19-25(20-22-26)29(34-30(35)38-23-24-13-7-4-8-14-24)42(37,40-27-15-9-5-10-16-27)41-28-17-11-6-12-18-28/h4-22,29H,23H2,1-3H3,(H,33,36)(H,34,35). The average Bonchev–Trinajstić information content (AvgIpc) is 2.96. The number of anilines is 1. The van der Waals surface area contributed by atoms with Crippen LogP contribution < -0.4 is 19.7 Å². The minimum absolute atomic E-state index is 0.00151. The number of alkyl carbamates (subject to hydrolysis) is 1. The van der Waals surface area contributed by atoms with Gasteiger partial charge in [-0.2, -0.15) is 0 Å². The van der Waals surface area contributed by atoms with Crippen LogP contribution in [0.1, 0.15) is 37.7 Å². The molecule has 2 amide bonds. The second kappa shape index (κ2) is 13.7. The summed E-state index contributed by atoms with van der Waals surface area (Å²) in [6, 6.07) is 32.6. The summed E-state index contributed by atoms with van der Waals surface area (Å²) in [5.41, 5.74) is 0.929. The smallest absolute Gasteiger partial charge is 0.445 e. The maximum Gasteiger partial charge on any atom is 0.457 e. The molecule has 0 aromatic heterocycles. The number of nitrogens with one attached hydrogen (secondary N) is 2. The first kappa shape index (κ1) is 30.2. The van der Waals surface area contributed by atoms with Gasteiger partial charge in [0, 0.05) is 5.69 Å². The van der Waals surface area contributed by atoms with Gasteiger partial charge in [0.2, 0.25) is 0 Å². The van der Waals surface area contributed by atoms with Gasteiger partial charge in [-0.15, -0.1) is 0 Å². The van der Waals surface area contributed by atoms with Gasteiger partial charge in [0.15, 0.2) is 5.78 Å². The first-order valence-corrected chi connectivity index (χ1v) is 14.9. The Morgan fingerprint density at radius 2 is 1.21 bits per heavy atom. The quantitative estimate of drug-likeness (QED) is 0.179. The summed E-state index contributed by atoms with van der Waals surface area (Å²) < 4.78 is 37.5. The van der Waals surface area contributed by atoms with Crippen molar-refractivity contribution in [3.63, 3.8) is 0 Å². The van der Waals surface area contributed by atoms with E-state index in [-0.39, 0.29) is 18.1 Å². The van der Waals surface area contributed by atoms with Crippen LogP contribution in [0.3, 0.4) is 0 Å². The molecule has 9 nitrogen and oxygen atoms in total. The summed E-state index contributed by atoms with van der Waals surface area (Å²) in [7, 11) is -4.24. The monoisotopic (exact) mass is 588 g/mol. The summed E-state index contributed by atoms with van der Waals surface area (Å²) in [6.45, 7) is 5.29. The Bertz CT molecular complexity index is 1450. The number of rotatable bonds is 10. The maximum absolute atomic E-state index is 14.7. The molecule has 0 bridgehead atoms. The van der Waals surface area contributed by atoms with Crippen molar-refractivity contribution in [1.29, 1.82) is 0 Å². The Morgan fingerprint density at radius 3 is 1.71 bits per heavy atom. The van der Waals surface area contributed by atoms with E-state index in [2.05, 4.69) is 10.6 Å². The van der Waals surface area contributed by atoms with Crippen molar-refractivity contribution in [3.05, 3.63) is 126 Å². The Morgan fingerprint density at radius 1 is 0.714 bits per heavy atom. The number of amides is 2. The summed E-state index contributed by atoms with van der Waals surface area (Å²) in [5.74, 6) is -0.731. The molecule has 0 heterocycles. The highest BCUT2D eigenvalue weighted by molar-refractivity contribution is 7.55. The third-order valence-electron chi connectivity index (χ3n) is 5.61. The molecule has 42 heavy (non-hydrogen) atoms. The average molecular weight is 589 g/mol. The van der Waals surface area contributed by atoms with Crippen molar-refractivity contribution in [3.8, 4) is 11.5 Å². The van der Waals surface area contributed by atoms with Gasteiger partial charge < -0.3 is 23.8 Å². The minimum Gasteiger partial charge on any atom is -0.445 e. The van der Waals surface area contributed by atoms with Crippen LogP contribution in [0.4, 0.5) is 15.3 Å². The molecule has 218 valence electrons. The van der Waals surface area contributed by atoms with Gasteiger partial charge in [-0.25, -0.2) is 14.2 Å². The van der Waals surface area contributed by atoms with E-state index < -0.39 is 31.2 Å². The first-order valence-electron chi connectivity index (χ1n) is 13.3. The van der Waals surface area contributed by atoms with Gasteiger partial charge >= 0.3 is 19.8 Å².